The first-order chi connectivity index (χ1) is 16.4. The highest BCUT2D eigenvalue weighted by atomic mass is 35.5. The fourth-order valence-electron chi connectivity index (χ4n) is 3.42. The number of carbonyl (C=O) groups is 2. The van der Waals surface area contributed by atoms with Gasteiger partial charge in [0.25, 0.3) is 11.8 Å². The van der Waals surface area contributed by atoms with Crippen molar-refractivity contribution in [2.45, 2.75) is 20.0 Å². The number of benzene rings is 2. The van der Waals surface area contributed by atoms with Gasteiger partial charge < -0.3 is 10.6 Å². The Morgan fingerprint density at radius 3 is 2.47 bits per heavy atom. The summed E-state index contributed by atoms with van der Waals surface area (Å²) in [5.41, 5.74) is 3.48. The van der Waals surface area contributed by atoms with Crippen molar-refractivity contribution in [2.24, 2.45) is 0 Å². The maximum atomic E-state index is 13.1. The van der Waals surface area contributed by atoms with Crippen molar-refractivity contribution >= 4 is 29.1 Å². The van der Waals surface area contributed by atoms with E-state index >= 15 is 0 Å². The lowest BCUT2D eigenvalue weighted by molar-refractivity contribution is 0.0949. The second kappa shape index (κ2) is 10.3. The van der Waals surface area contributed by atoms with Gasteiger partial charge >= 0.3 is 0 Å². The number of carbonyl (C=O) groups excluding carboxylic acids is 2. The minimum Gasteiger partial charge on any atom is -0.348 e. The molecule has 0 aliphatic rings. The van der Waals surface area contributed by atoms with Gasteiger partial charge in [-0.25, -0.2) is 9.07 Å². The fourth-order valence-corrected chi connectivity index (χ4v) is 3.74. The van der Waals surface area contributed by atoms with E-state index in [9.17, 15) is 14.0 Å². The lowest BCUT2D eigenvalue weighted by Gasteiger charge is -2.09. The molecule has 0 unspecified atom stereocenters. The van der Waals surface area contributed by atoms with Crippen LogP contribution in [0.4, 0.5) is 10.1 Å². The van der Waals surface area contributed by atoms with Gasteiger partial charge in [0.05, 0.1) is 17.8 Å². The zero-order valence-electron chi connectivity index (χ0n) is 18.3. The standard InChI is InChI=1S/C25H21ClFN5O2/c1-16-22(23(26)32(31-16)15-17-5-7-20(27)8-6-17)25(34)29-14-18-3-2-4-21(13-18)30-24(33)19-9-11-28-12-10-19/h2-13H,14-15H2,1H3,(H,29,34)(H,30,33). The quantitative estimate of drug-likeness (QED) is 0.407. The SMILES string of the molecule is Cc1nn(Cc2ccc(F)cc2)c(Cl)c1C(=O)NCc1cccc(NC(=O)c2ccncc2)c1. The second-order valence-corrected chi connectivity index (χ2v) is 7.97. The molecule has 34 heavy (non-hydrogen) atoms. The van der Waals surface area contributed by atoms with E-state index < -0.39 is 0 Å². The summed E-state index contributed by atoms with van der Waals surface area (Å²) in [5.74, 6) is -0.939. The maximum Gasteiger partial charge on any atom is 0.256 e. The molecule has 9 heteroatoms. The molecule has 0 bridgehead atoms. The van der Waals surface area contributed by atoms with Crippen molar-refractivity contribution in [2.75, 3.05) is 5.32 Å². The van der Waals surface area contributed by atoms with Crippen molar-refractivity contribution in [3.05, 3.63) is 112 Å². The highest BCUT2D eigenvalue weighted by molar-refractivity contribution is 6.33. The van der Waals surface area contributed by atoms with Crippen LogP contribution in [-0.2, 0) is 13.1 Å². The summed E-state index contributed by atoms with van der Waals surface area (Å²) >= 11 is 6.44. The first-order valence-corrected chi connectivity index (χ1v) is 10.8. The Labute approximate surface area is 200 Å². The minimum atomic E-state index is -0.362. The Hall–Kier alpha value is -4.04. The normalized spacial score (nSPS) is 10.7. The molecule has 2 amide bonds. The summed E-state index contributed by atoms with van der Waals surface area (Å²) in [6, 6.07) is 16.4. The third-order valence-corrected chi connectivity index (χ3v) is 5.50. The van der Waals surface area contributed by atoms with Crippen LogP contribution in [0.1, 0.15) is 37.5 Å². The van der Waals surface area contributed by atoms with Gasteiger partial charge in [0.1, 0.15) is 11.0 Å². The third kappa shape index (κ3) is 5.47. The zero-order valence-corrected chi connectivity index (χ0v) is 19.0. The third-order valence-electron chi connectivity index (χ3n) is 5.12. The van der Waals surface area contributed by atoms with E-state index in [1.807, 2.05) is 6.07 Å². The molecule has 4 aromatic rings. The van der Waals surface area contributed by atoms with E-state index in [0.717, 1.165) is 11.1 Å². The topological polar surface area (TPSA) is 88.9 Å². The number of hydrogen-bond donors (Lipinski definition) is 2. The Kier molecular flexibility index (Phi) is 6.98. The molecular weight excluding hydrogens is 457 g/mol. The monoisotopic (exact) mass is 477 g/mol. The van der Waals surface area contributed by atoms with Crippen molar-refractivity contribution in [3.8, 4) is 0 Å². The van der Waals surface area contributed by atoms with Gasteiger partial charge in [0, 0.05) is 30.2 Å². The van der Waals surface area contributed by atoms with E-state index in [1.54, 1.807) is 61.8 Å². The molecule has 0 aliphatic heterocycles. The van der Waals surface area contributed by atoms with E-state index in [4.69, 9.17) is 11.6 Å². The predicted molar refractivity (Wildman–Crippen MR) is 127 cm³/mol. The highest BCUT2D eigenvalue weighted by Gasteiger charge is 2.20. The number of nitrogens with zero attached hydrogens (tertiary/aromatic N) is 3. The van der Waals surface area contributed by atoms with Gasteiger partial charge in [-0.15, -0.1) is 0 Å². The molecular formula is C25H21ClFN5O2. The zero-order chi connectivity index (χ0) is 24.1. The van der Waals surface area contributed by atoms with Crippen LogP contribution in [0, 0.1) is 12.7 Å². The van der Waals surface area contributed by atoms with Gasteiger partial charge in [-0.2, -0.15) is 5.10 Å². The lowest BCUT2D eigenvalue weighted by atomic mass is 10.1. The molecule has 0 aliphatic carbocycles. The van der Waals surface area contributed by atoms with Crippen LogP contribution in [0.15, 0.2) is 73.1 Å². The van der Waals surface area contributed by atoms with E-state index in [-0.39, 0.29) is 34.9 Å². The Morgan fingerprint density at radius 1 is 1.00 bits per heavy atom. The Balaban J connectivity index is 1.41. The largest absolute Gasteiger partial charge is 0.348 e. The summed E-state index contributed by atoms with van der Waals surface area (Å²) < 4.78 is 14.7. The molecule has 0 radical (unpaired) electrons. The van der Waals surface area contributed by atoms with Crippen LogP contribution in [0.25, 0.3) is 0 Å². The molecule has 0 atom stereocenters. The number of pyridine rings is 1. The first-order valence-electron chi connectivity index (χ1n) is 10.5. The van der Waals surface area contributed by atoms with Crippen molar-refractivity contribution in [1.29, 1.82) is 0 Å². The second-order valence-electron chi connectivity index (χ2n) is 7.61. The summed E-state index contributed by atoms with van der Waals surface area (Å²) in [7, 11) is 0. The summed E-state index contributed by atoms with van der Waals surface area (Å²) in [6.45, 7) is 2.25. The molecule has 0 saturated heterocycles. The Bertz CT molecular complexity index is 1320. The molecule has 0 fully saturated rings. The van der Waals surface area contributed by atoms with Gasteiger partial charge in [-0.3, -0.25) is 14.6 Å². The van der Waals surface area contributed by atoms with Crippen LogP contribution < -0.4 is 10.6 Å². The average molecular weight is 478 g/mol. The number of aryl methyl sites for hydroxylation is 1. The van der Waals surface area contributed by atoms with Crippen LogP contribution in [0.5, 0.6) is 0 Å². The summed E-state index contributed by atoms with van der Waals surface area (Å²) in [4.78, 5) is 29.1. The molecule has 7 nitrogen and oxygen atoms in total. The summed E-state index contributed by atoms with van der Waals surface area (Å²) in [5, 5.41) is 10.2. The molecule has 2 aromatic heterocycles. The Morgan fingerprint density at radius 2 is 1.74 bits per heavy atom. The van der Waals surface area contributed by atoms with Gasteiger partial charge in [0.15, 0.2) is 0 Å². The molecule has 2 aromatic carbocycles. The number of anilines is 1. The van der Waals surface area contributed by atoms with E-state index in [0.29, 0.717) is 23.5 Å². The van der Waals surface area contributed by atoms with Crippen molar-refractivity contribution < 1.29 is 14.0 Å². The fraction of sp³-hybridized carbons (Fsp3) is 0.120. The smallest absolute Gasteiger partial charge is 0.256 e. The number of nitrogens with one attached hydrogen (secondary N) is 2. The number of rotatable bonds is 7. The average Bonchev–Trinajstić information content (AvgIpc) is 3.12. The van der Waals surface area contributed by atoms with Crippen LogP contribution in [0.2, 0.25) is 5.15 Å². The minimum absolute atomic E-state index is 0.206. The number of halogens is 2. The molecule has 4 rings (SSSR count). The molecule has 2 heterocycles. The van der Waals surface area contributed by atoms with Crippen molar-refractivity contribution in [1.82, 2.24) is 20.1 Å². The van der Waals surface area contributed by atoms with Crippen LogP contribution >= 0.6 is 11.6 Å². The lowest BCUT2D eigenvalue weighted by Crippen LogP contribution is -2.23. The van der Waals surface area contributed by atoms with E-state index in [1.165, 1.54) is 16.8 Å². The molecule has 2 N–H and O–H groups in total. The number of hydrogen-bond acceptors (Lipinski definition) is 4. The molecule has 0 saturated carbocycles. The van der Waals surface area contributed by atoms with Gasteiger partial charge in [-0.05, 0) is 54.4 Å². The summed E-state index contributed by atoms with van der Waals surface area (Å²) in [6.07, 6.45) is 3.10. The van der Waals surface area contributed by atoms with Crippen LogP contribution in [0.3, 0.4) is 0 Å². The molecule has 172 valence electrons. The predicted octanol–water partition coefficient (Wildman–Crippen LogP) is 4.61. The van der Waals surface area contributed by atoms with E-state index in [2.05, 4.69) is 20.7 Å². The number of amides is 2. The first kappa shape index (κ1) is 23.1. The maximum absolute atomic E-state index is 13.1. The van der Waals surface area contributed by atoms with Gasteiger partial charge in [-0.1, -0.05) is 35.9 Å². The molecule has 0 spiro atoms. The number of aromatic nitrogens is 3. The van der Waals surface area contributed by atoms with Crippen molar-refractivity contribution in [3.63, 3.8) is 0 Å². The highest BCUT2D eigenvalue weighted by Crippen LogP contribution is 2.21. The van der Waals surface area contributed by atoms with Gasteiger partial charge in [0.2, 0.25) is 0 Å². The van der Waals surface area contributed by atoms with Crippen LogP contribution in [-0.4, -0.2) is 26.6 Å².